The highest BCUT2D eigenvalue weighted by molar-refractivity contribution is 7.18. The molecule has 158 valence electrons. The molecule has 0 N–H and O–H groups in total. The van der Waals surface area contributed by atoms with Gasteiger partial charge in [-0.2, -0.15) is 13.2 Å². The van der Waals surface area contributed by atoms with Gasteiger partial charge in [-0.3, -0.25) is 4.90 Å². The molecule has 0 spiro atoms. The summed E-state index contributed by atoms with van der Waals surface area (Å²) in [6.45, 7) is 3.83. The van der Waals surface area contributed by atoms with E-state index in [2.05, 4.69) is 44.0 Å². The van der Waals surface area contributed by atoms with Gasteiger partial charge >= 0.3 is 6.18 Å². The van der Waals surface area contributed by atoms with Crippen LogP contribution in [0.3, 0.4) is 0 Å². The maximum Gasteiger partial charge on any atom is 0.393 e. The number of hydrogen-bond acceptors (Lipinski definition) is 5. The number of halogens is 3. The molecule has 4 heterocycles. The lowest BCUT2D eigenvalue weighted by Gasteiger charge is -2.38. The summed E-state index contributed by atoms with van der Waals surface area (Å²) in [5, 5.41) is 0.749. The predicted octanol–water partition coefficient (Wildman–Crippen LogP) is 4.90. The Morgan fingerprint density at radius 2 is 1.90 bits per heavy atom. The van der Waals surface area contributed by atoms with E-state index in [0.717, 1.165) is 61.6 Å². The van der Waals surface area contributed by atoms with Gasteiger partial charge in [-0.05, 0) is 36.9 Å². The zero-order chi connectivity index (χ0) is 20.7. The fourth-order valence-electron chi connectivity index (χ4n) is 4.92. The van der Waals surface area contributed by atoms with Gasteiger partial charge in [-0.1, -0.05) is 30.3 Å². The highest BCUT2D eigenvalue weighted by Crippen LogP contribution is 2.38. The number of aromatic nitrogens is 2. The van der Waals surface area contributed by atoms with Gasteiger partial charge in [0.05, 0.1) is 11.8 Å². The van der Waals surface area contributed by atoms with Gasteiger partial charge in [0.15, 0.2) is 0 Å². The molecule has 2 aliphatic heterocycles. The van der Waals surface area contributed by atoms with Gasteiger partial charge in [0.2, 0.25) is 0 Å². The van der Waals surface area contributed by atoms with Crippen LogP contribution in [0.4, 0.5) is 19.0 Å². The lowest BCUT2D eigenvalue weighted by Crippen LogP contribution is -2.46. The molecule has 2 fully saturated rings. The van der Waals surface area contributed by atoms with E-state index >= 15 is 0 Å². The summed E-state index contributed by atoms with van der Waals surface area (Å²) in [6.07, 6.45) is -1.45. The van der Waals surface area contributed by atoms with Crippen LogP contribution in [0.2, 0.25) is 0 Å². The highest BCUT2D eigenvalue weighted by atomic mass is 32.1. The van der Waals surface area contributed by atoms with Crippen molar-refractivity contribution in [3.63, 3.8) is 0 Å². The number of nitrogens with zero attached hydrogens (tertiary/aromatic N) is 4. The van der Waals surface area contributed by atoms with E-state index in [1.165, 1.54) is 11.9 Å². The van der Waals surface area contributed by atoms with Crippen LogP contribution < -0.4 is 4.90 Å². The van der Waals surface area contributed by atoms with E-state index < -0.39 is 12.6 Å². The quantitative estimate of drug-likeness (QED) is 0.587. The Morgan fingerprint density at radius 3 is 2.70 bits per heavy atom. The van der Waals surface area contributed by atoms with Gasteiger partial charge in [0.1, 0.15) is 17.0 Å². The molecule has 2 unspecified atom stereocenters. The van der Waals surface area contributed by atoms with Gasteiger partial charge in [0.25, 0.3) is 0 Å². The molecule has 5 rings (SSSR count). The van der Waals surface area contributed by atoms with Gasteiger partial charge < -0.3 is 4.90 Å². The second kappa shape index (κ2) is 7.81. The number of alkyl halides is 3. The van der Waals surface area contributed by atoms with Crippen LogP contribution in [0, 0.1) is 5.92 Å². The summed E-state index contributed by atoms with van der Waals surface area (Å²) in [5.74, 6) is 1.34. The number of piperidine rings is 1. The third kappa shape index (κ3) is 4.03. The van der Waals surface area contributed by atoms with Crippen molar-refractivity contribution in [3.05, 3.63) is 53.2 Å². The lowest BCUT2D eigenvalue weighted by atomic mass is 9.92. The molecule has 4 nitrogen and oxygen atoms in total. The molecule has 3 aromatic rings. The second-order valence-corrected chi connectivity index (χ2v) is 9.34. The number of anilines is 1. The number of hydrogen-bond donors (Lipinski definition) is 0. The van der Waals surface area contributed by atoms with Crippen molar-refractivity contribution in [2.45, 2.75) is 38.0 Å². The third-order valence-electron chi connectivity index (χ3n) is 6.21. The van der Waals surface area contributed by atoms with Crippen molar-refractivity contribution in [3.8, 4) is 0 Å². The van der Waals surface area contributed by atoms with Crippen molar-refractivity contribution in [1.82, 2.24) is 14.9 Å². The molecule has 2 aliphatic rings. The van der Waals surface area contributed by atoms with Crippen molar-refractivity contribution >= 4 is 27.4 Å². The largest absolute Gasteiger partial charge is 0.393 e. The van der Waals surface area contributed by atoms with Crippen LogP contribution in [0.1, 0.15) is 23.3 Å². The molecule has 8 heteroatoms. The maximum absolute atomic E-state index is 12.8. The zero-order valence-corrected chi connectivity index (χ0v) is 17.3. The number of likely N-dealkylation sites (tertiary alicyclic amines) is 1. The van der Waals surface area contributed by atoms with Crippen molar-refractivity contribution in [2.75, 3.05) is 24.5 Å². The second-order valence-electron chi connectivity index (χ2n) is 8.23. The van der Waals surface area contributed by atoms with Crippen LogP contribution >= 0.6 is 11.3 Å². The Balaban J connectivity index is 1.32. The van der Waals surface area contributed by atoms with Crippen LogP contribution in [-0.4, -0.2) is 46.7 Å². The van der Waals surface area contributed by atoms with Crippen LogP contribution in [0.15, 0.2) is 42.7 Å². The topological polar surface area (TPSA) is 32.3 Å². The minimum atomic E-state index is -4.21. The van der Waals surface area contributed by atoms with Crippen molar-refractivity contribution in [1.29, 1.82) is 0 Å². The molecule has 0 amide bonds. The Kier molecular flexibility index (Phi) is 5.14. The maximum atomic E-state index is 12.8. The van der Waals surface area contributed by atoms with Crippen LogP contribution in [0.25, 0.3) is 10.2 Å². The normalized spacial score (nSPS) is 22.6. The first-order valence-electron chi connectivity index (χ1n) is 10.3. The number of rotatable bonds is 4. The third-order valence-corrected chi connectivity index (χ3v) is 7.26. The SMILES string of the molecule is FC(F)(F)Cc1cc2c(N3CCC4C(CCN4Cc4ccccc4)C3)ncnc2s1. The van der Waals surface area contributed by atoms with Crippen LogP contribution in [0.5, 0.6) is 0 Å². The predicted molar refractivity (Wildman–Crippen MR) is 113 cm³/mol. The molecule has 2 aromatic heterocycles. The number of thiophene rings is 1. The molecule has 2 saturated heterocycles. The fraction of sp³-hybridized carbons (Fsp3) is 0.455. The Hall–Kier alpha value is -2.19. The number of fused-ring (bicyclic) bond motifs is 2. The Bertz CT molecular complexity index is 1020. The first-order valence-corrected chi connectivity index (χ1v) is 11.1. The first-order chi connectivity index (χ1) is 14.5. The molecule has 0 radical (unpaired) electrons. The van der Waals surface area contributed by atoms with Crippen LogP contribution in [-0.2, 0) is 13.0 Å². The standard InChI is InChI=1S/C22H23F3N4S/c23-22(24,25)11-17-10-18-20(26-14-27-21(18)30-17)29-9-7-19-16(13-29)6-8-28(19)12-15-4-2-1-3-5-15/h1-5,10,14,16,19H,6-9,11-13H2. The summed E-state index contributed by atoms with van der Waals surface area (Å²) < 4.78 is 38.5. The van der Waals surface area contributed by atoms with Gasteiger partial charge in [-0.25, -0.2) is 9.97 Å². The minimum absolute atomic E-state index is 0.295. The van der Waals surface area contributed by atoms with E-state index in [9.17, 15) is 13.2 Å². The lowest BCUT2D eigenvalue weighted by molar-refractivity contribution is -0.126. The summed E-state index contributed by atoms with van der Waals surface area (Å²) in [4.78, 5) is 14.5. The molecule has 1 aromatic carbocycles. The summed E-state index contributed by atoms with van der Waals surface area (Å²) in [6, 6.07) is 12.7. The monoisotopic (exact) mass is 432 g/mol. The average Bonchev–Trinajstić information content (AvgIpc) is 3.30. The molecule has 2 atom stereocenters. The minimum Gasteiger partial charge on any atom is -0.356 e. The summed E-state index contributed by atoms with van der Waals surface area (Å²) in [5.41, 5.74) is 1.34. The van der Waals surface area contributed by atoms with Crippen molar-refractivity contribution < 1.29 is 13.2 Å². The molecular formula is C22H23F3N4S. The molecule has 0 bridgehead atoms. The fourth-order valence-corrected chi connectivity index (χ4v) is 5.94. The van der Waals surface area contributed by atoms with E-state index in [0.29, 0.717) is 21.7 Å². The highest BCUT2D eigenvalue weighted by Gasteiger charge is 2.39. The molecule has 0 saturated carbocycles. The van der Waals surface area contributed by atoms with E-state index in [1.54, 1.807) is 6.07 Å². The van der Waals surface area contributed by atoms with E-state index in [4.69, 9.17) is 0 Å². The van der Waals surface area contributed by atoms with Gasteiger partial charge in [-0.15, -0.1) is 11.3 Å². The number of benzene rings is 1. The Labute approximate surface area is 177 Å². The van der Waals surface area contributed by atoms with E-state index in [-0.39, 0.29) is 0 Å². The average molecular weight is 433 g/mol. The Morgan fingerprint density at radius 1 is 1.07 bits per heavy atom. The van der Waals surface area contributed by atoms with E-state index in [1.807, 2.05) is 6.07 Å². The molecular weight excluding hydrogens is 409 g/mol. The molecule has 30 heavy (non-hydrogen) atoms. The summed E-state index contributed by atoms with van der Waals surface area (Å²) >= 11 is 1.12. The zero-order valence-electron chi connectivity index (χ0n) is 16.5. The smallest absolute Gasteiger partial charge is 0.356 e. The van der Waals surface area contributed by atoms with Crippen molar-refractivity contribution in [2.24, 2.45) is 5.92 Å². The summed E-state index contributed by atoms with van der Waals surface area (Å²) in [7, 11) is 0. The first kappa shape index (κ1) is 19.8. The van der Waals surface area contributed by atoms with Gasteiger partial charge in [0, 0.05) is 30.6 Å². The molecule has 0 aliphatic carbocycles.